The second-order valence-corrected chi connectivity index (χ2v) is 7.27. The highest BCUT2D eigenvalue weighted by molar-refractivity contribution is 5.96. The molecule has 0 heterocycles. The summed E-state index contributed by atoms with van der Waals surface area (Å²) in [6, 6.07) is 28.7. The zero-order valence-electron chi connectivity index (χ0n) is 17.3. The van der Waals surface area contributed by atoms with Crippen molar-refractivity contribution in [2.24, 2.45) is 0 Å². The fraction of sp³-hybridized carbons (Fsp3) is 0.192. The van der Waals surface area contributed by atoms with Gasteiger partial charge in [-0.05, 0) is 54.7 Å². The highest BCUT2D eigenvalue weighted by Crippen LogP contribution is 2.21. The van der Waals surface area contributed by atoms with Crippen LogP contribution in [0.25, 0.3) is 0 Å². The number of rotatable bonds is 9. The van der Waals surface area contributed by atoms with Gasteiger partial charge in [0.15, 0.2) is 0 Å². The summed E-state index contributed by atoms with van der Waals surface area (Å²) in [5.74, 6) is -0.536. The number of anilines is 1. The zero-order valence-corrected chi connectivity index (χ0v) is 17.3. The lowest BCUT2D eigenvalue weighted by Crippen LogP contribution is -2.28. The molecule has 5 heteroatoms. The first kappa shape index (κ1) is 21.8. The molecule has 3 rings (SSSR count). The maximum Gasteiger partial charge on any atom is 0.251 e. The summed E-state index contributed by atoms with van der Waals surface area (Å²) in [7, 11) is 0. The van der Waals surface area contributed by atoms with Gasteiger partial charge < -0.3 is 10.6 Å². The van der Waals surface area contributed by atoms with Crippen LogP contribution in [-0.2, 0) is 11.2 Å². The Hall–Kier alpha value is -3.91. The molecule has 31 heavy (non-hydrogen) atoms. The van der Waals surface area contributed by atoms with Crippen LogP contribution in [0.5, 0.6) is 0 Å². The normalized spacial score (nSPS) is 11.2. The minimum atomic E-state index is -0.373. The topological polar surface area (TPSA) is 82.0 Å². The standard InChI is InChI=1S/C26H25N3O2/c27-19-18-25(30)28-23-16-14-22(15-17-23)26(31)29-24(21-11-5-2-6-12-21)13-7-10-20-8-3-1-4-9-20/h1-6,8-9,11-12,14-17,24H,7,10,13,18H2,(H,28,30)(H,29,31)/t24-/m1/s1. The van der Waals surface area contributed by atoms with Gasteiger partial charge in [0.2, 0.25) is 5.91 Å². The largest absolute Gasteiger partial charge is 0.345 e. The van der Waals surface area contributed by atoms with E-state index in [1.807, 2.05) is 48.5 Å². The number of carbonyl (C=O) groups excluding carboxylic acids is 2. The van der Waals surface area contributed by atoms with Crippen molar-refractivity contribution in [2.45, 2.75) is 31.7 Å². The van der Waals surface area contributed by atoms with Crippen LogP contribution in [0.3, 0.4) is 0 Å². The number of hydrogen-bond acceptors (Lipinski definition) is 3. The van der Waals surface area contributed by atoms with Crippen LogP contribution in [-0.4, -0.2) is 11.8 Å². The molecule has 0 aliphatic carbocycles. The van der Waals surface area contributed by atoms with Crippen LogP contribution in [0.2, 0.25) is 0 Å². The fourth-order valence-corrected chi connectivity index (χ4v) is 3.39. The fourth-order valence-electron chi connectivity index (χ4n) is 3.39. The Morgan fingerprint density at radius 2 is 1.52 bits per heavy atom. The van der Waals surface area contributed by atoms with Crippen molar-refractivity contribution < 1.29 is 9.59 Å². The van der Waals surface area contributed by atoms with Crippen molar-refractivity contribution in [1.82, 2.24) is 5.32 Å². The van der Waals surface area contributed by atoms with E-state index >= 15 is 0 Å². The highest BCUT2D eigenvalue weighted by atomic mass is 16.2. The number of nitrogens with one attached hydrogen (secondary N) is 2. The van der Waals surface area contributed by atoms with Gasteiger partial charge in [-0.1, -0.05) is 60.7 Å². The van der Waals surface area contributed by atoms with Crippen molar-refractivity contribution in [3.05, 3.63) is 102 Å². The minimum Gasteiger partial charge on any atom is -0.345 e. The third kappa shape index (κ3) is 6.83. The number of hydrogen-bond donors (Lipinski definition) is 2. The van der Waals surface area contributed by atoms with Crippen LogP contribution in [0.4, 0.5) is 5.69 Å². The molecular weight excluding hydrogens is 386 g/mol. The molecule has 0 aliphatic heterocycles. The van der Waals surface area contributed by atoms with E-state index < -0.39 is 0 Å². The molecule has 0 bridgehead atoms. The molecule has 0 saturated heterocycles. The third-order valence-corrected chi connectivity index (χ3v) is 4.98. The summed E-state index contributed by atoms with van der Waals surface area (Å²) >= 11 is 0. The monoisotopic (exact) mass is 411 g/mol. The summed E-state index contributed by atoms with van der Waals surface area (Å²) in [6.45, 7) is 0. The summed E-state index contributed by atoms with van der Waals surface area (Å²) in [5, 5.41) is 14.3. The number of carbonyl (C=O) groups is 2. The number of nitrogens with zero attached hydrogens (tertiary/aromatic N) is 1. The molecule has 1 atom stereocenters. The predicted molar refractivity (Wildman–Crippen MR) is 121 cm³/mol. The van der Waals surface area contributed by atoms with Gasteiger partial charge >= 0.3 is 0 Å². The van der Waals surface area contributed by atoms with Crippen LogP contribution in [0, 0.1) is 11.3 Å². The maximum absolute atomic E-state index is 12.9. The Morgan fingerprint density at radius 1 is 0.871 bits per heavy atom. The molecule has 5 nitrogen and oxygen atoms in total. The second-order valence-electron chi connectivity index (χ2n) is 7.27. The van der Waals surface area contributed by atoms with E-state index in [9.17, 15) is 9.59 Å². The van der Waals surface area contributed by atoms with Crippen molar-refractivity contribution in [3.8, 4) is 6.07 Å². The first-order valence-corrected chi connectivity index (χ1v) is 10.3. The SMILES string of the molecule is N#CCC(=O)Nc1ccc(C(=O)N[C@H](CCCc2ccccc2)c2ccccc2)cc1. The van der Waals surface area contributed by atoms with Crippen molar-refractivity contribution in [1.29, 1.82) is 5.26 Å². The van der Waals surface area contributed by atoms with Crippen LogP contribution in [0.15, 0.2) is 84.9 Å². The van der Waals surface area contributed by atoms with E-state index in [0.717, 1.165) is 24.8 Å². The lowest BCUT2D eigenvalue weighted by molar-refractivity contribution is -0.115. The number of amides is 2. The molecule has 3 aromatic rings. The van der Waals surface area contributed by atoms with Gasteiger partial charge in [-0.3, -0.25) is 9.59 Å². The lowest BCUT2D eigenvalue weighted by Gasteiger charge is -2.19. The van der Waals surface area contributed by atoms with Gasteiger partial charge in [0.1, 0.15) is 6.42 Å². The average molecular weight is 412 g/mol. The molecule has 2 N–H and O–H groups in total. The van der Waals surface area contributed by atoms with Crippen molar-refractivity contribution in [3.63, 3.8) is 0 Å². The molecule has 2 amide bonds. The number of benzene rings is 3. The third-order valence-electron chi connectivity index (χ3n) is 4.98. The molecule has 3 aromatic carbocycles. The molecule has 0 radical (unpaired) electrons. The van der Waals surface area contributed by atoms with Gasteiger partial charge in [0, 0.05) is 11.3 Å². The van der Waals surface area contributed by atoms with Gasteiger partial charge in [0.25, 0.3) is 5.91 Å². The first-order chi connectivity index (χ1) is 15.2. The Bertz CT molecular complexity index is 1030. The molecule has 0 aliphatic rings. The average Bonchev–Trinajstić information content (AvgIpc) is 2.80. The Labute approximate surface area is 182 Å². The quantitative estimate of drug-likeness (QED) is 0.518. The molecule has 0 fully saturated rings. The predicted octanol–water partition coefficient (Wildman–Crippen LogP) is 5.03. The van der Waals surface area contributed by atoms with Crippen LogP contribution >= 0.6 is 0 Å². The van der Waals surface area contributed by atoms with Gasteiger partial charge in [-0.2, -0.15) is 5.26 Å². The van der Waals surface area contributed by atoms with E-state index in [4.69, 9.17) is 5.26 Å². The smallest absolute Gasteiger partial charge is 0.251 e. The summed E-state index contributed by atoms with van der Waals surface area (Å²) in [6.07, 6.45) is 2.53. The molecule has 0 saturated carbocycles. The molecular formula is C26H25N3O2. The number of nitriles is 1. The van der Waals surface area contributed by atoms with Crippen LogP contribution in [0.1, 0.15) is 46.8 Å². The van der Waals surface area contributed by atoms with E-state index in [0.29, 0.717) is 11.3 Å². The highest BCUT2D eigenvalue weighted by Gasteiger charge is 2.16. The van der Waals surface area contributed by atoms with Gasteiger partial charge in [-0.25, -0.2) is 0 Å². The van der Waals surface area contributed by atoms with E-state index in [2.05, 4.69) is 22.8 Å². The van der Waals surface area contributed by atoms with E-state index in [1.54, 1.807) is 30.3 Å². The first-order valence-electron chi connectivity index (χ1n) is 10.3. The van der Waals surface area contributed by atoms with Crippen molar-refractivity contribution >= 4 is 17.5 Å². The summed E-state index contributed by atoms with van der Waals surface area (Å²) < 4.78 is 0. The van der Waals surface area contributed by atoms with Gasteiger partial charge in [0.05, 0.1) is 12.1 Å². The Balaban J connectivity index is 1.63. The molecule has 0 unspecified atom stereocenters. The summed E-state index contributed by atoms with van der Waals surface area (Å²) in [5.41, 5.74) is 3.43. The molecule has 0 spiro atoms. The molecule has 156 valence electrons. The Kier molecular flexibility index (Phi) is 7.96. The maximum atomic E-state index is 12.9. The van der Waals surface area contributed by atoms with E-state index in [-0.39, 0.29) is 24.3 Å². The Morgan fingerprint density at radius 3 is 2.16 bits per heavy atom. The molecule has 0 aromatic heterocycles. The van der Waals surface area contributed by atoms with Crippen molar-refractivity contribution in [2.75, 3.05) is 5.32 Å². The van der Waals surface area contributed by atoms with Crippen LogP contribution < -0.4 is 10.6 Å². The lowest BCUT2D eigenvalue weighted by atomic mass is 9.98. The van der Waals surface area contributed by atoms with E-state index in [1.165, 1.54) is 5.56 Å². The number of aryl methyl sites for hydroxylation is 1. The second kappa shape index (κ2) is 11.3. The summed E-state index contributed by atoms with van der Waals surface area (Å²) in [4.78, 5) is 24.4. The minimum absolute atomic E-state index is 0.0904. The zero-order chi connectivity index (χ0) is 21.9. The van der Waals surface area contributed by atoms with Gasteiger partial charge in [-0.15, -0.1) is 0 Å².